The van der Waals surface area contributed by atoms with E-state index < -0.39 is 17.7 Å². The third-order valence-electron chi connectivity index (χ3n) is 4.83. The first-order chi connectivity index (χ1) is 13.1. The lowest BCUT2D eigenvalue weighted by Crippen LogP contribution is -2.36. The highest BCUT2D eigenvalue weighted by molar-refractivity contribution is 5.71. The van der Waals surface area contributed by atoms with Gasteiger partial charge in [-0.25, -0.2) is 23.7 Å². The summed E-state index contributed by atoms with van der Waals surface area (Å²) in [4.78, 5) is 30.9. The van der Waals surface area contributed by atoms with Crippen LogP contribution in [0.5, 0.6) is 0 Å². The van der Waals surface area contributed by atoms with Crippen LogP contribution in [0.1, 0.15) is 25.0 Å². The standard InChI is InChI=1S/C18H18F2N6O/c19-17(20)14-9-16(27)26(11-23-14)10-12-3-7-25(8-4-12)15-2-1-13-18(24-15)22-6-5-21-13/h1-2,5-6,9,11-12,17H,3-4,7-8,10H2. The van der Waals surface area contributed by atoms with Gasteiger partial charge in [-0.2, -0.15) is 0 Å². The summed E-state index contributed by atoms with van der Waals surface area (Å²) in [5, 5.41) is 0. The van der Waals surface area contributed by atoms with Gasteiger partial charge in [-0.3, -0.25) is 14.3 Å². The van der Waals surface area contributed by atoms with E-state index in [1.54, 1.807) is 12.4 Å². The molecule has 27 heavy (non-hydrogen) atoms. The van der Waals surface area contributed by atoms with Gasteiger partial charge in [-0.15, -0.1) is 0 Å². The van der Waals surface area contributed by atoms with Gasteiger partial charge in [-0.1, -0.05) is 0 Å². The number of hydrogen-bond donors (Lipinski definition) is 0. The second kappa shape index (κ2) is 7.34. The van der Waals surface area contributed by atoms with Gasteiger partial charge in [0.2, 0.25) is 0 Å². The molecule has 3 aromatic rings. The lowest BCUT2D eigenvalue weighted by Gasteiger charge is -2.33. The van der Waals surface area contributed by atoms with Crippen LogP contribution in [0, 0.1) is 5.92 Å². The average molecular weight is 372 g/mol. The van der Waals surface area contributed by atoms with Crippen LogP contribution >= 0.6 is 0 Å². The van der Waals surface area contributed by atoms with Gasteiger partial charge in [-0.05, 0) is 30.9 Å². The van der Waals surface area contributed by atoms with Crippen molar-refractivity contribution in [2.24, 2.45) is 5.92 Å². The Labute approximate surface area is 153 Å². The fourth-order valence-electron chi connectivity index (χ4n) is 3.34. The molecule has 0 unspecified atom stereocenters. The van der Waals surface area contributed by atoms with Crippen LogP contribution in [0.2, 0.25) is 0 Å². The summed E-state index contributed by atoms with van der Waals surface area (Å²) in [5.74, 6) is 1.15. The summed E-state index contributed by atoms with van der Waals surface area (Å²) in [6.07, 6.45) is 3.51. The molecule has 1 saturated heterocycles. The van der Waals surface area contributed by atoms with Crippen molar-refractivity contribution < 1.29 is 8.78 Å². The van der Waals surface area contributed by atoms with Crippen molar-refractivity contribution in [1.82, 2.24) is 24.5 Å². The molecule has 0 atom stereocenters. The zero-order chi connectivity index (χ0) is 18.8. The van der Waals surface area contributed by atoms with Crippen molar-refractivity contribution in [3.05, 3.63) is 53.0 Å². The van der Waals surface area contributed by atoms with E-state index in [4.69, 9.17) is 0 Å². The van der Waals surface area contributed by atoms with Crippen LogP contribution in [0.3, 0.4) is 0 Å². The predicted octanol–water partition coefficient (Wildman–Crippen LogP) is 2.44. The molecule has 7 nitrogen and oxygen atoms in total. The molecule has 0 radical (unpaired) electrons. The maximum absolute atomic E-state index is 12.6. The monoisotopic (exact) mass is 372 g/mol. The van der Waals surface area contributed by atoms with Crippen molar-refractivity contribution in [2.45, 2.75) is 25.8 Å². The lowest BCUT2D eigenvalue weighted by atomic mass is 9.96. The fourth-order valence-corrected chi connectivity index (χ4v) is 3.34. The summed E-state index contributed by atoms with van der Waals surface area (Å²) >= 11 is 0. The summed E-state index contributed by atoms with van der Waals surface area (Å²) in [7, 11) is 0. The molecule has 1 aliphatic rings. The summed E-state index contributed by atoms with van der Waals surface area (Å²) < 4.78 is 26.6. The van der Waals surface area contributed by atoms with Gasteiger partial charge >= 0.3 is 0 Å². The van der Waals surface area contributed by atoms with E-state index in [0.29, 0.717) is 18.1 Å². The number of rotatable bonds is 4. The molecule has 0 spiro atoms. The van der Waals surface area contributed by atoms with Crippen LogP contribution in [0.15, 0.2) is 41.7 Å². The molecule has 9 heteroatoms. The van der Waals surface area contributed by atoms with Gasteiger partial charge in [0.25, 0.3) is 12.0 Å². The normalized spacial score (nSPS) is 15.6. The van der Waals surface area contributed by atoms with Crippen LogP contribution < -0.4 is 10.5 Å². The predicted molar refractivity (Wildman–Crippen MR) is 95.7 cm³/mol. The van der Waals surface area contributed by atoms with E-state index in [1.807, 2.05) is 12.1 Å². The molecule has 0 aromatic carbocycles. The van der Waals surface area contributed by atoms with E-state index in [2.05, 4.69) is 24.8 Å². The Morgan fingerprint density at radius 2 is 1.89 bits per heavy atom. The van der Waals surface area contributed by atoms with Gasteiger partial charge in [0, 0.05) is 38.1 Å². The number of anilines is 1. The fraction of sp³-hybridized carbons (Fsp3) is 0.389. The Morgan fingerprint density at radius 1 is 1.11 bits per heavy atom. The highest BCUT2D eigenvalue weighted by Gasteiger charge is 2.21. The summed E-state index contributed by atoms with van der Waals surface area (Å²) in [6, 6.07) is 4.77. The van der Waals surface area contributed by atoms with Crippen LogP contribution in [-0.4, -0.2) is 37.6 Å². The highest BCUT2D eigenvalue weighted by atomic mass is 19.3. The van der Waals surface area contributed by atoms with Gasteiger partial charge in [0.05, 0.1) is 6.33 Å². The van der Waals surface area contributed by atoms with Crippen LogP contribution in [0.25, 0.3) is 11.2 Å². The maximum atomic E-state index is 12.6. The molecule has 0 bridgehead atoms. The molecule has 3 aromatic heterocycles. The zero-order valence-corrected chi connectivity index (χ0v) is 14.5. The Bertz CT molecular complexity index is 1000. The summed E-state index contributed by atoms with van der Waals surface area (Å²) in [6.45, 7) is 2.10. The Balaban J connectivity index is 1.40. The van der Waals surface area contributed by atoms with E-state index >= 15 is 0 Å². The molecule has 0 aliphatic carbocycles. The first-order valence-corrected chi connectivity index (χ1v) is 8.77. The van der Waals surface area contributed by atoms with Gasteiger partial charge in [0.15, 0.2) is 5.65 Å². The zero-order valence-electron chi connectivity index (χ0n) is 14.5. The topological polar surface area (TPSA) is 76.8 Å². The molecule has 0 saturated carbocycles. The lowest BCUT2D eigenvalue weighted by molar-refractivity contribution is 0.145. The van der Waals surface area contributed by atoms with E-state index in [-0.39, 0.29) is 0 Å². The SMILES string of the molecule is O=c1cc(C(F)F)ncn1CC1CCN(c2ccc3nccnc3n2)CC1. The van der Waals surface area contributed by atoms with Crippen LogP contribution in [-0.2, 0) is 6.54 Å². The minimum Gasteiger partial charge on any atom is -0.357 e. The van der Waals surface area contributed by atoms with Crippen molar-refractivity contribution in [3.8, 4) is 0 Å². The molecule has 140 valence electrons. The second-order valence-electron chi connectivity index (χ2n) is 6.60. The Hall–Kier alpha value is -2.97. The first-order valence-electron chi connectivity index (χ1n) is 8.77. The van der Waals surface area contributed by atoms with Crippen molar-refractivity contribution in [2.75, 3.05) is 18.0 Å². The summed E-state index contributed by atoms with van der Waals surface area (Å²) in [5.41, 5.74) is 0.471. The molecule has 1 fully saturated rings. The third kappa shape index (κ3) is 3.76. The Kier molecular flexibility index (Phi) is 4.74. The minimum atomic E-state index is -2.73. The van der Waals surface area contributed by atoms with Crippen molar-refractivity contribution in [1.29, 1.82) is 0 Å². The number of alkyl halides is 2. The van der Waals surface area contributed by atoms with Gasteiger partial charge < -0.3 is 4.90 Å². The van der Waals surface area contributed by atoms with Crippen LogP contribution in [0.4, 0.5) is 14.6 Å². The Morgan fingerprint density at radius 3 is 2.63 bits per heavy atom. The van der Waals surface area contributed by atoms with E-state index in [0.717, 1.165) is 43.3 Å². The molecule has 4 heterocycles. The first kappa shape index (κ1) is 17.4. The maximum Gasteiger partial charge on any atom is 0.280 e. The van der Waals surface area contributed by atoms with Crippen molar-refractivity contribution in [3.63, 3.8) is 0 Å². The van der Waals surface area contributed by atoms with E-state index in [9.17, 15) is 13.6 Å². The number of pyridine rings is 1. The number of aromatic nitrogens is 5. The number of nitrogens with zero attached hydrogens (tertiary/aromatic N) is 6. The molecular formula is C18H18F2N6O. The third-order valence-corrected chi connectivity index (χ3v) is 4.83. The second-order valence-corrected chi connectivity index (χ2v) is 6.60. The largest absolute Gasteiger partial charge is 0.357 e. The number of fused-ring (bicyclic) bond motifs is 1. The minimum absolute atomic E-state index is 0.290. The van der Waals surface area contributed by atoms with E-state index in [1.165, 1.54) is 10.9 Å². The van der Waals surface area contributed by atoms with Gasteiger partial charge in [0.1, 0.15) is 17.0 Å². The quantitative estimate of drug-likeness (QED) is 0.700. The molecule has 4 rings (SSSR count). The average Bonchev–Trinajstić information content (AvgIpc) is 2.69. The highest BCUT2D eigenvalue weighted by Crippen LogP contribution is 2.24. The number of hydrogen-bond acceptors (Lipinski definition) is 6. The molecule has 1 aliphatic heterocycles. The molecule has 0 amide bonds. The smallest absolute Gasteiger partial charge is 0.280 e. The van der Waals surface area contributed by atoms with Crippen molar-refractivity contribution >= 4 is 17.0 Å². The molecular weight excluding hydrogens is 354 g/mol. The molecule has 0 N–H and O–H groups in total. The number of piperidine rings is 1. The number of halogens is 2.